The van der Waals surface area contributed by atoms with Crippen molar-refractivity contribution in [3.8, 4) is 0 Å². The standard InChI is InChI=1S/C17H19NO2/c1-17(2)10-14(13-8-9-20-15(13)11-17)18-16(19)12-6-4-3-5-7-12/h3-9,14H,10-11H2,1-2H3,(H,18,19). The highest BCUT2D eigenvalue weighted by atomic mass is 16.3. The minimum atomic E-state index is -0.0274. The monoisotopic (exact) mass is 269 g/mol. The van der Waals surface area contributed by atoms with Crippen molar-refractivity contribution in [1.82, 2.24) is 5.32 Å². The van der Waals surface area contributed by atoms with E-state index in [4.69, 9.17) is 4.42 Å². The van der Waals surface area contributed by atoms with E-state index in [-0.39, 0.29) is 17.4 Å². The van der Waals surface area contributed by atoms with Crippen LogP contribution in [0.3, 0.4) is 0 Å². The molecule has 0 saturated carbocycles. The molecule has 2 aromatic rings. The van der Waals surface area contributed by atoms with Crippen molar-refractivity contribution in [2.24, 2.45) is 5.41 Å². The summed E-state index contributed by atoms with van der Waals surface area (Å²) in [5.74, 6) is 0.972. The van der Waals surface area contributed by atoms with E-state index in [1.807, 2.05) is 36.4 Å². The van der Waals surface area contributed by atoms with Gasteiger partial charge in [-0.05, 0) is 30.0 Å². The number of benzene rings is 1. The van der Waals surface area contributed by atoms with Crippen LogP contribution in [0, 0.1) is 5.41 Å². The number of fused-ring (bicyclic) bond motifs is 1. The smallest absolute Gasteiger partial charge is 0.251 e. The van der Waals surface area contributed by atoms with Crippen LogP contribution >= 0.6 is 0 Å². The summed E-state index contributed by atoms with van der Waals surface area (Å²) in [6.07, 6.45) is 3.57. The van der Waals surface area contributed by atoms with E-state index in [0.717, 1.165) is 24.2 Å². The molecule has 0 aliphatic heterocycles. The lowest BCUT2D eigenvalue weighted by Crippen LogP contribution is -2.36. The average Bonchev–Trinajstić information content (AvgIpc) is 2.86. The fourth-order valence-corrected chi connectivity index (χ4v) is 2.93. The number of carbonyl (C=O) groups excluding carboxylic acids is 1. The molecule has 0 fully saturated rings. The van der Waals surface area contributed by atoms with Gasteiger partial charge in [-0.25, -0.2) is 0 Å². The Hall–Kier alpha value is -2.03. The fourth-order valence-electron chi connectivity index (χ4n) is 2.93. The van der Waals surface area contributed by atoms with E-state index >= 15 is 0 Å². The lowest BCUT2D eigenvalue weighted by atomic mass is 9.74. The van der Waals surface area contributed by atoms with Gasteiger partial charge in [0.1, 0.15) is 5.76 Å². The first kappa shape index (κ1) is 13.0. The summed E-state index contributed by atoms with van der Waals surface area (Å²) in [6.45, 7) is 4.42. The number of rotatable bonds is 2. The van der Waals surface area contributed by atoms with Crippen molar-refractivity contribution in [2.75, 3.05) is 0 Å². The summed E-state index contributed by atoms with van der Waals surface area (Å²) in [7, 11) is 0. The van der Waals surface area contributed by atoms with Gasteiger partial charge in [0.05, 0.1) is 12.3 Å². The summed E-state index contributed by atoms with van der Waals surface area (Å²) in [4.78, 5) is 12.3. The molecule has 3 rings (SSSR count). The first-order valence-corrected chi connectivity index (χ1v) is 6.97. The molecule has 1 N–H and O–H groups in total. The molecule has 0 saturated heterocycles. The molecule has 20 heavy (non-hydrogen) atoms. The zero-order valence-corrected chi connectivity index (χ0v) is 11.8. The molecule has 0 spiro atoms. The van der Waals surface area contributed by atoms with Gasteiger partial charge < -0.3 is 9.73 Å². The highest BCUT2D eigenvalue weighted by molar-refractivity contribution is 5.94. The minimum absolute atomic E-state index is 0.0274. The molecular formula is C17H19NO2. The zero-order chi connectivity index (χ0) is 14.2. The molecule has 0 bridgehead atoms. The van der Waals surface area contributed by atoms with Crippen molar-refractivity contribution in [1.29, 1.82) is 0 Å². The second kappa shape index (κ2) is 4.82. The first-order valence-electron chi connectivity index (χ1n) is 6.97. The second-order valence-electron chi connectivity index (χ2n) is 6.24. The van der Waals surface area contributed by atoms with Crippen LogP contribution in [0.25, 0.3) is 0 Å². The maximum atomic E-state index is 12.3. The predicted molar refractivity (Wildman–Crippen MR) is 77.5 cm³/mol. The highest BCUT2D eigenvalue weighted by Crippen LogP contribution is 2.41. The number of furan rings is 1. The molecule has 1 aromatic heterocycles. The molecule has 1 aromatic carbocycles. The van der Waals surface area contributed by atoms with Crippen molar-refractivity contribution < 1.29 is 9.21 Å². The third-order valence-corrected chi connectivity index (χ3v) is 3.89. The van der Waals surface area contributed by atoms with Gasteiger partial charge in [0.15, 0.2) is 0 Å². The quantitative estimate of drug-likeness (QED) is 0.902. The number of hydrogen-bond donors (Lipinski definition) is 1. The number of carbonyl (C=O) groups is 1. The Kier molecular flexibility index (Phi) is 3.13. The molecule has 1 aliphatic carbocycles. The van der Waals surface area contributed by atoms with Crippen LogP contribution in [0.2, 0.25) is 0 Å². The Balaban J connectivity index is 1.83. The van der Waals surface area contributed by atoms with Gasteiger partial charge >= 0.3 is 0 Å². The maximum absolute atomic E-state index is 12.3. The van der Waals surface area contributed by atoms with Crippen LogP contribution in [-0.2, 0) is 6.42 Å². The Morgan fingerprint density at radius 1 is 1.25 bits per heavy atom. The van der Waals surface area contributed by atoms with E-state index in [0.29, 0.717) is 5.56 Å². The summed E-state index contributed by atoms with van der Waals surface area (Å²) in [5.41, 5.74) is 1.95. The van der Waals surface area contributed by atoms with Gasteiger partial charge in [-0.3, -0.25) is 4.79 Å². The van der Waals surface area contributed by atoms with Crippen molar-refractivity contribution in [3.05, 3.63) is 59.5 Å². The molecule has 1 aliphatic rings. The van der Waals surface area contributed by atoms with Gasteiger partial charge in [0.2, 0.25) is 0 Å². The predicted octanol–water partition coefficient (Wildman–Crippen LogP) is 3.72. The van der Waals surface area contributed by atoms with E-state index in [1.54, 1.807) is 6.26 Å². The third kappa shape index (κ3) is 2.48. The summed E-state index contributed by atoms with van der Waals surface area (Å²) in [6, 6.07) is 11.3. The number of hydrogen-bond acceptors (Lipinski definition) is 2. The Morgan fingerprint density at radius 3 is 2.75 bits per heavy atom. The van der Waals surface area contributed by atoms with Gasteiger partial charge in [-0.1, -0.05) is 32.0 Å². The van der Waals surface area contributed by atoms with Gasteiger partial charge in [-0.15, -0.1) is 0 Å². The van der Waals surface area contributed by atoms with Crippen molar-refractivity contribution >= 4 is 5.91 Å². The molecular weight excluding hydrogens is 250 g/mol. The Labute approximate surface area is 119 Å². The molecule has 1 unspecified atom stereocenters. The average molecular weight is 269 g/mol. The maximum Gasteiger partial charge on any atom is 0.251 e. The SMILES string of the molecule is CC1(C)Cc2occc2C(NC(=O)c2ccccc2)C1. The molecule has 3 heteroatoms. The molecule has 0 radical (unpaired) electrons. The topological polar surface area (TPSA) is 42.2 Å². The van der Waals surface area contributed by atoms with Crippen LogP contribution in [0.15, 0.2) is 47.1 Å². The Bertz CT molecular complexity index is 613. The van der Waals surface area contributed by atoms with Crippen LogP contribution < -0.4 is 5.32 Å². The lowest BCUT2D eigenvalue weighted by Gasteiger charge is -2.34. The second-order valence-corrected chi connectivity index (χ2v) is 6.24. The van der Waals surface area contributed by atoms with Crippen LogP contribution in [0.5, 0.6) is 0 Å². The van der Waals surface area contributed by atoms with Crippen LogP contribution in [0.1, 0.15) is 48.0 Å². The summed E-state index contributed by atoms with van der Waals surface area (Å²) in [5, 5.41) is 3.13. The lowest BCUT2D eigenvalue weighted by molar-refractivity contribution is 0.0917. The zero-order valence-electron chi connectivity index (χ0n) is 11.8. The van der Waals surface area contributed by atoms with Crippen molar-refractivity contribution in [2.45, 2.75) is 32.7 Å². The summed E-state index contributed by atoms with van der Waals surface area (Å²) >= 11 is 0. The van der Waals surface area contributed by atoms with Crippen LogP contribution in [-0.4, -0.2) is 5.91 Å². The fraction of sp³-hybridized carbons (Fsp3) is 0.353. The first-order chi connectivity index (χ1) is 9.55. The van der Waals surface area contributed by atoms with Crippen molar-refractivity contribution in [3.63, 3.8) is 0 Å². The van der Waals surface area contributed by atoms with Gasteiger partial charge in [-0.2, -0.15) is 0 Å². The third-order valence-electron chi connectivity index (χ3n) is 3.89. The van der Waals surface area contributed by atoms with Crippen LogP contribution in [0.4, 0.5) is 0 Å². The number of amides is 1. The van der Waals surface area contributed by atoms with Gasteiger partial charge in [0, 0.05) is 17.5 Å². The largest absolute Gasteiger partial charge is 0.469 e. The van der Waals surface area contributed by atoms with E-state index in [9.17, 15) is 4.79 Å². The highest BCUT2D eigenvalue weighted by Gasteiger charge is 2.34. The molecule has 1 heterocycles. The van der Waals surface area contributed by atoms with E-state index in [2.05, 4.69) is 19.2 Å². The normalized spacial score (nSPS) is 20.2. The molecule has 1 atom stereocenters. The molecule has 104 valence electrons. The molecule has 1 amide bonds. The number of nitrogens with one attached hydrogen (secondary N) is 1. The molecule has 3 nitrogen and oxygen atoms in total. The summed E-state index contributed by atoms with van der Waals surface area (Å²) < 4.78 is 5.56. The Morgan fingerprint density at radius 2 is 2.00 bits per heavy atom. The van der Waals surface area contributed by atoms with E-state index in [1.165, 1.54) is 0 Å². The van der Waals surface area contributed by atoms with E-state index < -0.39 is 0 Å². The minimum Gasteiger partial charge on any atom is -0.469 e. The van der Waals surface area contributed by atoms with Gasteiger partial charge in [0.25, 0.3) is 5.91 Å².